The highest BCUT2D eigenvalue weighted by Crippen LogP contribution is 2.24. The Labute approximate surface area is 229 Å². The van der Waals surface area contributed by atoms with Crippen LogP contribution in [0, 0.1) is 6.92 Å². The third-order valence-corrected chi connectivity index (χ3v) is 8.27. The number of thioether (sulfide) groups is 1. The quantitative estimate of drug-likeness (QED) is 0.290. The van der Waals surface area contributed by atoms with Crippen molar-refractivity contribution in [3.8, 4) is 0 Å². The standard InChI is InChI=1S/C31H35ClN2O2S/c1-23-16-18-27(19-17-23)37-22-30(35)34(21-25-12-8-9-15-28(25)32)29(20-24-10-4-2-5-11-24)31(36)33-26-13-6-3-7-14-26/h2,4-5,8-12,15-19,26,29H,3,6-7,13-14,20-22H2,1H3,(H,33,36)/t29-/m1/s1. The fourth-order valence-electron chi connectivity index (χ4n) is 4.77. The van der Waals surface area contributed by atoms with E-state index >= 15 is 0 Å². The second-order valence-electron chi connectivity index (χ2n) is 9.76. The van der Waals surface area contributed by atoms with Crippen LogP contribution in [0.1, 0.15) is 48.8 Å². The summed E-state index contributed by atoms with van der Waals surface area (Å²) in [6.07, 6.45) is 5.91. The molecular formula is C31H35ClN2O2S. The zero-order valence-corrected chi connectivity index (χ0v) is 22.9. The number of rotatable bonds is 10. The predicted octanol–water partition coefficient (Wildman–Crippen LogP) is 6.83. The Kier molecular flexibility index (Phi) is 10.1. The number of carbonyl (C=O) groups excluding carboxylic acids is 2. The Bertz CT molecular complexity index is 1160. The molecule has 1 aliphatic rings. The van der Waals surface area contributed by atoms with Gasteiger partial charge in [0.15, 0.2) is 0 Å². The maximum atomic E-state index is 13.8. The molecule has 0 aromatic heterocycles. The monoisotopic (exact) mass is 534 g/mol. The lowest BCUT2D eigenvalue weighted by Gasteiger charge is -2.33. The molecule has 2 amide bonds. The number of carbonyl (C=O) groups is 2. The van der Waals surface area contributed by atoms with E-state index in [9.17, 15) is 9.59 Å². The third-order valence-electron chi connectivity index (χ3n) is 6.90. The van der Waals surface area contributed by atoms with E-state index in [2.05, 4.69) is 5.32 Å². The highest BCUT2D eigenvalue weighted by molar-refractivity contribution is 8.00. The van der Waals surface area contributed by atoms with Crippen LogP contribution in [0.4, 0.5) is 0 Å². The maximum absolute atomic E-state index is 13.8. The minimum absolute atomic E-state index is 0.0785. The first-order valence-corrected chi connectivity index (χ1v) is 14.4. The molecule has 0 saturated heterocycles. The number of hydrogen-bond donors (Lipinski definition) is 1. The predicted molar refractivity (Wildman–Crippen MR) is 153 cm³/mol. The van der Waals surface area contributed by atoms with Gasteiger partial charge in [0, 0.05) is 28.9 Å². The van der Waals surface area contributed by atoms with Gasteiger partial charge in [0.25, 0.3) is 0 Å². The fraction of sp³-hybridized carbons (Fsp3) is 0.355. The summed E-state index contributed by atoms with van der Waals surface area (Å²) in [4.78, 5) is 30.4. The van der Waals surface area contributed by atoms with Crippen LogP contribution in [0.3, 0.4) is 0 Å². The number of nitrogens with zero attached hydrogens (tertiary/aromatic N) is 1. The number of nitrogens with one attached hydrogen (secondary N) is 1. The molecule has 1 saturated carbocycles. The summed E-state index contributed by atoms with van der Waals surface area (Å²) in [5.41, 5.74) is 3.04. The normalized spacial score (nSPS) is 14.6. The Hall–Kier alpha value is -2.76. The maximum Gasteiger partial charge on any atom is 0.243 e. The number of amides is 2. The Balaban J connectivity index is 1.61. The molecule has 0 unspecified atom stereocenters. The molecule has 37 heavy (non-hydrogen) atoms. The van der Waals surface area contributed by atoms with Crippen LogP contribution in [0.2, 0.25) is 5.02 Å². The SMILES string of the molecule is Cc1ccc(SCC(=O)N(Cc2ccccc2Cl)[C@H](Cc2ccccc2)C(=O)NC2CCCCC2)cc1. The molecule has 0 bridgehead atoms. The minimum Gasteiger partial charge on any atom is -0.352 e. The first kappa shape index (κ1) is 27.3. The molecule has 0 spiro atoms. The van der Waals surface area contributed by atoms with Crippen molar-refractivity contribution in [2.75, 3.05) is 5.75 Å². The summed E-state index contributed by atoms with van der Waals surface area (Å²) in [6, 6.07) is 25.2. The number of aryl methyl sites for hydroxylation is 1. The summed E-state index contributed by atoms with van der Waals surface area (Å²) in [5, 5.41) is 3.88. The number of hydrogen-bond acceptors (Lipinski definition) is 3. The molecule has 0 radical (unpaired) electrons. The molecule has 194 valence electrons. The van der Waals surface area contributed by atoms with Gasteiger partial charge in [-0.25, -0.2) is 0 Å². The van der Waals surface area contributed by atoms with Crippen molar-refractivity contribution in [2.24, 2.45) is 0 Å². The van der Waals surface area contributed by atoms with Gasteiger partial charge in [-0.05, 0) is 49.1 Å². The zero-order chi connectivity index (χ0) is 26.0. The summed E-state index contributed by atoms with van der Waals surface area (Å²) in [6.45, 7) is 2.33. The average Bonchev–Trinajstić information content (AvgIpc) is 2.92. The molecule has 3 aromatic rings. The third kappa shape index (κ3) is 8.11. The van der Waals surface area contributed by atoms with Gasteiger partial charge in [-0.1, -0.05) is 97.1 Å². The molecule has 0 aliphatic heterocycles. The Morgan fingerprint density at radius 1 is 0.946 bits per heavy atom. The van der Waals surface area contributed by atoms with E-state index in [-0.39, 0.29) is 30.2 Å². The number of halogens is 1. The zero-order valence-electron chi connectivity index (χ0n) is 21.4. The molecule has 4 nitrogen and oxygen atoms in total. The average molecular weight is 535 g/mol. The van der Waals surface area contributed by atoms with Crippen molar-refractivity contribution >= 4 is 35.2 Å². The smallest absolute Gasteiger partial charge is 0.243 e. The van der Waals surface area contributed by atoms with Gasteiger partial charge in [-0.2, -0.15) is 0 Å². The fourth-order valence-corrected chi connectivity index (χ4v) is 5.75. The lowest BCUT2D eigenvalue weighted by Crippen LogP contribution is -2.53. The van der Waals surface area contributed by atoms with Crippen molar-refractivity contribution in [2.45, 2.75) is 69.0 Å². The van der Waals surface area contributed by atoms with Crippen LogP contribution in [-0.2, 0) is 22.6 Å². The van der Waals surface area contributed by atoms with Crippen LogP contribution >= 0.6 is 23.4 Å². The van der Waals surface area contributed by atoms with E-state index in [0.717, 1.165) is 41.7 Å². The van der Waals surface area contributed by atoms with Crippen LogP contribution in [-0.4, -0.2) is 34.6 Å². The van der Waals surface area contributed by atoms with Crippen molar-refractivity contribution < 1.29 is 9.59 Å². The largest absolute Gasteiger partial charge is 0.352 e. The van der Waals surface area contributed by atoms with E-state index in [1.165, 1.54) is 23.7 Å². The van der Waals surface area contributed by atoms with E-state index in [1.807, 2.05) is 85.8 Å². The molecule has 4 rings (SSSR count). The van der Waals surface area contributed by atoms with E-state index in [0.29, 0.717) is 11.4 Å². The molecule has 0 heterocycles. The topological polar surface area (TPSA) is 49.4 Å². The second kappa shape index (κ2) is 13.7. The van der Waals surface area contributed by atoms with Crippen molar-refractivity contribution in [3.05, 3.63) is 101 Å². The summed E-state index contributed by atoms with van der Waals surface area (Å²) in [7, 11) is 0. The second-order valence-corrected chi connectivity index (χ2v) is 11.2. The van der Waals surface area contributed by atoms with Gasteiger partial charge in [-0.15, -0.1) is 11.8 Å². The van der Waals surface area contributed by atoms with Crippen LogP contribution in [0.15, 0.2) is 83.8 Å². The summed E-state index contributed by atoms with van der Waals surface area (Å²) < 4.78 is 0. The van der Waals surface area contributed by atoms with Gasteiger partial charge in [-0.3, -0.25) is 9.59 Å². The van der Waals surface area contributed by atoms with Gasteiger partial charge in [0.05, 0.1) is 5.75 Å². The van der Waals surface area contributed by atoms with Crippen LogP contribution in [0.5, 0.6) is 0 Å². The van der Waals surface area contributed by atoms with Crippen molar-refractivity contribution in [1.29, 1.82) is 0 Å². The van der Waals surface area contributed by atoms with Gasteiger partial charge < -0.3 is 10.2 Å². The summed E-state index contributed by atoms with van der Waals surface area (Å²) in [5.74, 6) is 0.0805. The first-order valence-electron chi connectivity index (χ1n) is 13.1. The highest BCUT2D eigenvalue weighted by Gasteiger charge is 2.32. The van der Waals surface area contributed by atoms with Gasteiger partial charge >= 0.3 is 0 Å². The first-order chi connectivity index (χ1) is 18.0. The van der Waals surface area contributed by atoms with Crippen molar-refractivity contribution in [3.63, 3.8) is 0 Å². The van der Waals surface area contributed by atoms with Crippen LogP contribution < -0.4 is 5.32 Å². The lowest BCUT2D eigenvalue weighted by molar-refractivity contribution is -0.139. The molecule has 1 atom stereocenters. The molecule has 6 heteroatoms. The molecule has 1 aliphatic carbocycles. The number of benzene rings is 3. The molecule has 3 aromatic carbocycles. The van der Waals surface area contributed by atoms with Gasteiger partial charge in [0.2, 0.25) is 11.8 Å². The molecule has 1 N–H and O–H groups in total. The molecule has 1 fully saturated rings. The Morgan fingerprint density at radius 2 is 1.62 bits per heavy atom. The minimum atomic E-state index is -0.633. The van der Waals surface area contributed by atoms with E-state index in [1.54, 1.807) is 4.90 Å². The van der Waals surface area contributed by atoms with E-state index in [4.69, 9.17) is 11.6 Å². The van der Waals surface area contributed by atoms with Gasteiger partial charge in [0.1, 0.15) is 6.04 Å². The molecular weight excluding hydrogens is 500 g/mol. The Morgan fingerprint density at radius 3 is 2.32 bits per heavy atom. The van der Waals surface area contributed by atoms with Crippen molar-refractivity contribution in [1.82, 2.24) is 10.2 Å². The van der Waals surface area contributed by atoms with E-state index < -0.39 is 6.04 Å². The highest BCUT2D eigenvalue weighted by atomic mass is 35.5. The van der Waals surface area contributed by atoms with Crippen LogP contribution in [0.25, 0.3) is 0 Å². The lowest BCUT2D eigenvalue weighted by atomic mass is 9.94. The summed E-state index contributed by atoms with van der Waals surface area (Å²) >= 11 is 8.01.